The third-order valence-corrected chi connectivity index (χ3v) is 6.24. The van der Waals surface area contributed by atoms with Gasteiger partial charge in [0, 0.05) is 31.9 Å². The molecule has 0 aliphatic carbocycles. The molecule has 1 aromatic heterocycles. The second-order valence-electron chi connectivity index (χ2n) is 9.05. The van der Waals surface area contributed by atoms with Gasteiger partial charge in [-0.25, -0.2) is 4.39 Å². The van der Waals surface area contributed by atoms with Gasteiger partial charge in [0.15, 0.2) is 11.5 Å². The molecule has 0 spiro atoms. The average molecular weight is 541 g/mol. The summed E-state index contributed by atoms with van der Waals surface area (Å²) in [4.78, 5) is 30.1. The summed E-state index contributed by atoms with van der Waals surface area (Å²) < 4.78 is 35.4. The van der Waals surface area contributed by atoms with Crippen LogP contribution in [-0.4, -0.2) is 68.7 Å². The van der Waals surface area contributed by atoms with Crippen molar-refractivity contribution < 1.29 is 32.6 Å². The number of hydrogen-bond donors (Lipinski definition) is 0. The van der Waals surface area contributed by atoms with E-state index in [9.17, 15) is 14.0 Å². The van der Waals surface area contributed by atoms with Crippen molar-refractivity contribution in [2.45, 2.75) is 33.2 Å². The number of amides is 2. The van der Waals surface area contributed by atoms with E-state index in [-0.39, 0.29) is 24.9 Å². The van der Waals surface area contributed by atoms with Gasteiger partial charge in [-0.05, 0) is 80.8 Å². The lowest BCUT2D eigenvalue weighted by Crippen LogP contribution is -2.44. The third-order valence-electron chi connectivity index (χ3n) is 6.24. The number of nitrogens with zero attached hydrogens (tertiary/aromatic N) is 2. The highest BCUT2D eigenvalue weighted by molar-refractivity contribution is 5.96. The quantitative estimate of drug-likeness (QED) is 0.256. The van der Waals surface area contributed by atoms with Gasteiger partial charge in [0.1, 0.15) is 23.9 Å². The van der Waals surface area contributed by atoms with Crippen LogP contribution in [-0.2, 0) is 22.5 Å². The molecule has 210 valence electrons. The molecule has 0 bridgehead atoms. The normalized spacial score (nSPS) is 10.8. The molecule has 0 fully saturated rings. The number of hydrogen-bond acceptors (Lipinski definition) is 6. The van der Waals surface area contributed by atoms with E-state index in [1.807, 2.05) is 44.2 Å². The molecule has 9 heteroatoms. The van der Waals surface area contributed by atoms with E-state index in [2.05, 4.69) is 0 Å². The number of aryl methyl sites for hydroxylation is 1. The maximum Gasteiger partial charge on any atom is 0.254 e. The van der Waals surface area contributed by atoms with Gasteiger partial charge in [-0.15, -0.1) is 0 Å². The van der Waals surface area contributed by atoms with Crippen molar-refractivity contribution >= 4 is 11.8 Å². The van der Waals surface area contributed by atoms with Crippen molar-refractivity contribution in [3.05, 3.63) is 83.1 Å². The third kappa shape index (κ3) is 8.85. The monoisotopic (exact) mass is 540 g/mol. The van der Waals surface area contributed by atoms with Crippen molar-refractivity contribution in [1.82, 2.24) is 9.80 Å². The highest BCUT2D eigenvalue weighted by Crippen LogP contribution is 2.28. The van der Waals surface area contributed by atoms with E-state index in [4.69, 9.17) is 18.6 Å². The van der Waals surface area contributed by atoms with Crippen LogP contribution in [0, 0.1) is 12.7 Å². The standard InChI is InChI=1S/C30H37FN2O6/c1-5-38-18-6-16-33(30(35)24-9-11-25(31)12-10-24)21-29(34)32(20-26-13-7-22(2)39-26)17-15-23-8-14-27(36-3)28(19-23)37-4/h7-14,19H,5-6,15-18,20-21H2,1-4H3. The zero-order valence-electron chi connectivity index (χ0n) is 23.1. The van der Waals surface area contributed by atoms with Crippen molar-refractivity contribution in [2.24, 2.45) is 0 Å². The van der Waals surface area contributed by atoms with Gasteiger partial charge < -0.3 is 28.4 Å². The molecule has 0 atom stereocenters. The Kier molecular flexibility index (Phi) is 11.4. The minimum atomic E-state index is -0.430. The summed E-state index contributed by atoms with van der Waals surface area (Å²) in [6.45, 7) is 5.63. The highest BCUT2D eigenvalue weighted by atomic mass is 19.1. The average Bonchev–Trinajstić information content (AvgIpc) is 3.36. The molecule has 0 radical (unpaired) electrons. The summed E-state index contributed by atoms with van der Waals surface area (Å²) in [7, 11) is 3.16. The van der Waals surface area contributed by atoms with E-state index in [0.29, 0.717) is 62.0 Å². The largest absolute Gasteiger partial charge is 0.493 e. The summed E-state index contributed by atoms with van der Waals surface area (Å²) in [5.41, 5.74) is 1.29. The summed E-state index contributed by atoms with van der Waals surface area (Å²) in [6, 6.07) is 14.7. The first-order chi connectivity index (χ1) is 18.8. The lowest BCUT2D eigenvalue weighted by atomic mass is 10.1. The van der Waals surface area contributed by atoms with Gasteiger partial charge in [0.05, 0.1) is 20.8 Å². The lowest BCUT2D eigenvalue weighted by molar-refractivity contribution is -0.132. The fourth-order valence-corrected chi connectivity index (χ4v) is 4.14. The van der Waals surface area contributed by atoms with E-state index in [1.54, 1.807) is 19.1 Å². The number of halogens is 1. The Morgan fingerprint density at radius 3 is 2.31 bits per heavy atom. The maximum absolute atomic E-state index is 13.6. The van der Waals surface area contributed by atoms with Crippen LogP contribution < -0.4 is 9.47 Å². The van der Waals surface area contributed by atoms with Crippen LogP contribution >= 0.6 is 0 Å². The zero-order chi connectivity index (χ0) is 28.2. The number of carbonyl (C=O) groups excluding carboxylic acids is 2. The van der Waals surface area contributed by atoms with E-state index < -0.39 is 5.82 Å². The highest BCUT2D eigenvalue weighted by Gasteiger charge is 2.23. The molecule has 39 heavy (non-hydrogen) atoms. The number of carbonyl (C=O) groups is 2. The van der Waals surface area contributed by atoms with Crippen LogP contribution in [0.3, 0.4) is 0 Å². The molecule has 0 aliphatic rings. The van der Waals surface area contributed by atoms with Crippen LogP contribution in [0.25, 0.3) is 0 Å². The molecule has 3 aromatic rings. The van der Waals surface area contributed by atoms with Crippen LogP contribution in [0.15, 0.2) is 59.0 Å². The first-order valence-electron chi connectivity index (χ1n) is 13.0. The summed E-state index contributed by atoms with van der Waals surface area (Å²) in [6.07, 6.45) is 1.12. The van der Waals surface area contributed by atoms with Crippen LogP contribution in [0.2, 0.25) is 0 Å². The maximum atomic E-state index is 13.6. The Hall–Kier alpha value is -3.85. The number of benzene rings is 2. The van der Waals surface area contributed by atoms with Crippen molar-refractivity contribution in [3.63, 3.8) is 0 Å². The van der Waals surface area contributed by atoms with Gasteiger partial charge in [0.2, 0.25) is 5.91 Å². The molecule has 8 nitrogen and oxygen atoms in total. The van der Waals surface area contributed by atoms with Gasteiger partial charge in [-0.1, -0.05) is 6.07 Å². The summed E-state index contributed by atoms with van der Waals surface area (Å²) in [5.74, 6) is 1.65. The molecule has 0 saturated carbocycles. The molecule has 2 aromatic carbocycles. The van der Waals surface area contributed by atoms with Crippen molar-refractivity contribution in [3.8, 4) is 11.5 Å². The number of furan rings is 1. The zero-order valence-corrected chi connectivity index (χ0v) is 23.1. The Labute approximate surface area is 229 Å². The molecule has 0 unspecified atom stereocenters. The number of methoxy groups -OCH3 is 2. The van der Waals surface area contributed by atoms with Crippen LogP contribution in [0.5, 0.6) is 11.5 Å². The van der Waals surface area contributed by atoms with E-state index in [0.717, 1.165) is 11.3 Å². The fourth-order valence-electron chi connectivity index (χ4n) is 4.14. The number of ether oxygens (including phenoxy) is 3. The molecule has 0 N–H and O–H groups in total. The molecule has 1 heterocycles. The molecule has 2 amide bonds. The second-order valence-corrected chi connectivity index (χ2v) is 9.05. The minimum Gasteiger partial charge on any atom is -0.493 e. The SMILES string of the molecule is CCOCCCN(CC(=O)N(CCc1ccc(OC)c(OC)c1)Cc1ccc(C)o1)C(=O)c1ccc(F)cc1. The Bertz CT molecular complexity index is 1210. The Morgan fingerprint density at radius 2 is 1.67 bits per heavy atom. The van der Waals surface area contributed by atoms with Crippen molar-refractivity contribution in [2.75, 3.05) is 47.1 Å². The van der Waals surface area contributed by atoms with Crippen molar-refractivity contribution in [1.29, 1.82) is 0 Å². The van der Waals surface area contributed by atoms with Gasteiger partial charge in [-0.2, -0.15) is 0 Å². The van der Waals surface area contributed by atoms with Gasteiger partial charge >= 0.3 is 0 Å². The van der Waals surface area contributed by atoms with E-state index >= 15 is 0 Å². The van der Waals surface area contributed by atoms with Crippen LogP contribution in [0.1, 0.15) is 40.8 Å². The Morgan fingerprint density at radius 1 is 0.923 bits per heavy atom. The molecule has 0 aliphatic heterocycles. The molecular weight excluding hydrogens is 503 g/mol. The topological polar surface area (TPSA) is 81.5 Å². The van der Waals surface area contributed by atoms with Gasteiger partial charge in [-0.3, -0.25) is 9.59 Å². The number of rotatable bonds is 15. The predicted molar refractivity (Wildman–Crippen MR) is 146 cm³/mol. The van der Waals surface area contributed by atoms with Crippen LogP contribution in [0.4, 0.5) is 4.39 Å². The fraction of sp³-hybridized carbons (Fsp3) is 0.400. The Balaban J connectivity index is 1.78. The van der Waals surface area contributed by atoms with Gasteiger partial charge in [0.25, 0.3) is 5.91 Å². The smallest absolute Gasteiger partial charge is 0.254 e. The summed E-state index contributed by atoms with van der Waals surface area (Å²) >= 11 is 0. The second kappa shape index (κ2) is 14.9. The molecule has 3 rings (SSSR count). The first kappa shape index (κ1) is 29.7. The predicted octanol–water partition coefficient (Wildman–Crippen LogP) is 4.88. The summed E-state index contributed by atoms with van der Waals surface area (Å²) in [5, 5.41) is 0. The molecule has 0 saturated heterocycles. The minimum absolute atomic E-state index is 0.131. The first-order valence-corrected chi connectivity index (χ1v) is 13.0. The molecular formula is C30H37FN2O6. The lowest BCUT2D eigenvalue weighted by Gasteiger charge is -2.27. The van der Waals surface area contributed by atoms with E-state index in [1.165, 1.54) is 29.2 Å².